The molecular weight excluding hydrogens is 468 g/mol. The summed E-state index contributed by atoms with van der Waals surface area (Å²) in [6.07, 6.45) is 4.04. The van der Waals surface area contributed by atoms with E-state index >= 15 is 0 Å². The largest absolute Gasteiger partial charge is 0.470 e. The predicted molar refractivity (Wildman–Crippen MR) is 132 cm³/mol. The molecule has 180 valence electrons. The highest BCUT2D eigenvalue weighted by Crippen LogP contribution is 2.41. The zero-order chi connectivity index (χ0) is 24.7. The minimum Gasteiger partial charge on any atom is -0.470 e. The summed E-state index contributed by atoms with van der Waals surface area (Å²) in [5.41, 5.74) is 3.99. The summed E-state index contributed by atoms with van der Waals surface area (Å²) in [7, 11) is 0. The molecule has 9 nitrogen and oxygen atoms in total. The van der Waals surface area contributed by atoms with Crippen molar-refractivity contribution in [3.63, 3.8) is 0 Å². The third-order valence-electron chi connectivity index (χ3n) is 5.94. The minimum absolute atomic E-state index is 0.231. The molecule has 0 unspecified atom stereocenters. The van der Waals surface area contributed by atoms with Crippen LogP contribution in [0.2, 0.25) is 5.02 Å². The van der Waals surface area contributed by atoms with Crippen LogP contribution in [-0.4, -0.2) is 47.2 Å². The molecule has 5 rings (SSSR count). The molecule has 0 saturated heterocycles. The molecule has 0 radical (unpaired) electrons. The van der Waals surface area contributed by atoms with E-state index in [1.54, 1.807) is 24.4 Å². The van der Waals surface area contributed by atoms with Gasteiger partial charge in [0.2, 0.25) is 5.88 Å². The summed E-state index contributed by atoms with van der Waals surface area (Å²) in [4.78, 5) is 30.1. The highest BCUT2D eigenvalue weighted by Gasteiger charge is 2.41. The first kappa shape index (κ1) is 23.2. The second-order valence-electron chi connectivity index (χ2n) is 9.11. The highest BCUT2D eigenvalue weighted by atomic mass is 35.5. The lowest BCUT2D eigenvalue weighted by Gasteiger charge is -2.12. The number of carbonyl (C=O) groups excluding carboxylic acids is 1. The fraction of sp³-hybridized carbons (Fsp3) is 0.320. The molecule has 10 heteroatoms. The number of hydrogen-bond donors (Lipinski definition) is 2. The summed E-state index contributed by atoms with van der Waals surface area (Å²) in [6.45, 7) is 5.88. The van der Waals surface area contributed by atoms with Crippen LogP contribution >= 0.6 is 11.6 Å². The van der Waals surface area contributed by atoms with Gasteiger partial charge in [0.05, 0.1) is 17.3 Å². The van der Waals surface area contributed by atoms with E-state index in [9.17, 15) is 9.90 Å². The third kappa shape index (κ3) is 4.82. The zero-order valence-electron chi connectivity index (χ0n) is 19.6. The van der Waals surface area contributed by atoms with E-state index < -0.39 is 12.0 Å². The van der Waals surface area contributed by atoms with Gasteiger partial charge in [0.1, 0.15) is 23.9 Å². The number of pyridine rings is 1. The summed E-state index contributed by atoms with van der Waals surface area (Å²) in [6, 6.07) is 9.07. The Morgan fingerprint density at radius 3 is 2.74 bits per heavy atom. The van der Waals surface area contributed by atoms with E-state index in [1.807, 2.05) is 30.5 Å². The number of aromatic nitrogens is 5. The van der Waals surface area contributed by atoms with E-state index in [-0.39, 0.29) is 5.60 Å². The average molecular weight is 493 g/mol. The summed E-state index contributed by atoms with van der Waals surface area (Å²) >= 11 is 6.66. The molecular formula is C25H25ClN6O3. The number of nitrogens with zero attached hydrogens (tertiary/aromatic N) is 5. The van der Waals surface area contributed by atoms with Crippen molar-refractivity contribution in [1.82, 2.24) is 24.5 Å². The SMILES string of the molecule is Cc1ccnc(Cn2c(-c3ccc(NC(=O)[C@@H](C)O)cc3Cl)nc3c(OC4(C)CC4)ncnc32)c1. The number of aliphatic hydroxyl groups is 1. The number of carbonyl (C=O) groups is 1. The van der Waals surface area contributed by atoms with Gasteiger partial charge in [0.25, 0.3) is 5.91 Å². The summed E-state index contributed by atoms with van der Waals surface area (Å²) in [5, 5.41) is 12.5. The Bertz CT molecular complexity index is 1430. The first-order chi connectivity index (χ1) is 16.7. The first-order valence-corrected chi connectivity index (χ1v) is 11.7. The van der Waals surface area contributed by atoms with Crippen LogP contribution in [0, 0.1) is 6.92 Å². The average Bonchev–Trinajstić information content (AvgIpc) is 3.42. The number of rotatable bonds is 7. The van der Waals surface area contributed by atoms with Gasteiger partial charge in [-0.15, -0.1) is 0 Å². The van der Waals surface area contributed by atoms with Crippen LogP contribution in [0.25, 0.3) is 22.6 Å². The Morgan fingerprint density at radius 2 is 2.06 bits per heavy atom. The highest BCUT2D eigenvalue weighted by molar-refractivity contribution is 6.33. The fourth-order valence-electron chi connectivity index (χ4n) is 3.73. The van der Waals surface area contributed by atoms with E-state index in [1.165, 1.54) is 13.3 Å². The van der Waals surface area contributed by atoms with Crippen LogP contribution in [0.1, 0.15) is 37.9 Å². The van der Waals surface area contributed by atoms with Gasteiger partial charge in [-0.05, 0) is 69.5 Å². The Kier molecular flexibility index (Phi) is 5.90. The Balaban J connectivity index is 1.62. The normalized spacial score (nSPS) is 15.1. The molecule has 3 heterocycles. The predicted octanol–water partition coefficient (Wildman–Crippen LogP) is 4.15. The van der Waals surface area contributed by atoms with Crippen molar-refractivity contribution < 1.29 is 14.6 Å². The third-order valence-corrected chi connectivity index (χ3v) is 6.26. The molecule has 2 N–H and O–H groups in total. The van der Waals surface area contributed by atoms with Crippen LogP contribution in [0.15, 0.2) is 42.9 Å². The van der Waals surface area contributed by atoms with Crippen LogP contribution in [-0.2, 0) is 11.3 Å². The number of fused-ring (bicyclic) bond motifs is 1. The number of nitrogens with one attached hydrogen (secondary N) is 1. The molecule has 1 amide bonds. The minimum atomic E-state index is -1.13. The molecule has 1 aromatic carbocycles. The number of aliphatic hydroxyl groups excluding tert-OH is 1. The van der Waals surface area contributed by atoms with Gasteiger partial charge in [-0.1, -0.05) is 11.6 Å². The Morgan fingerprint density at radius 1 is 1.26 bits per heavy atom. The second-order valence-corrected chi connectivity index (χ2v) is 9.52. The number of anilines is 1. The standard InChI is InChI=1S/C25H25ClN6O3/c1-14-6-9-27-17(10-14)12-32-21(18-5-4-16(11-19(18)26)30-23(34)15(2)33)31-20-22(32)28-13-29-24(20)35-25(3)7-8-25/h4-6,9-11,13,15,33H,7-8,12H2,1-3H3,(H,30,34)/t15-/m1/s1. The molecule has 35 heavy (non-hydrogen) atoms. The molecule has 1 aliphatic rings. The van der Waals surface area contributed by atoms with E-state index in [0.717, 1.165) is 24.1 Å². The van der Waals surface area contributed by atoms with E-state index in [4.69, 9.17) is 21.3 Å². The smallest absolute Gasteiger partial charge is 0.252 e. The molecule has 1 saturated carbocycles. The molecule has 1 aliphatic carbocycles. The van der Waals surface area contributed by atoms with Gasteiger partial charge < -0.3 is 19.7 Å². The van der Waals surface area contributed by atoms with Crippen molar-refractivity contribution in [3.8, 4) is 17.3 Å². The Labute approximate surface area is 207 Å². The lowest BCUT2D eigenvalue weighted by atomic mass is 10.1. The van der Waals surface area contributed by atoms with Crippen LogP contribution in [0.4, 0.5) is 5.69 Å². The maximum atomic E-state index is 11.9. The van der Waals surface area contributed by atoms with Gasteiger partial charge >= 0.3 is 0 Å². The van der Waals surface area contributed by atoms with E-state index in [0.29, 0.717) is 45.7 Å². The molecule has 0 spiro atoms. The summed E-state index contributed by atoms with van der Waals surface area (Å²) < 4.78 is 8.11. The molecule has 1 fully saturated rings. The fourth-order valence-corrected chi connectivity index (χ4v) is 3.99. The zero-order valence-corrected chi connectivity index (χ0v) is 20.4. The van der Waals surface area contributed by atoms with Crippen molar-refractivity contribution >= 4 is 34.4 Å². The van der Waals surface area contributed by atoms with Crippen molar-refractivity contribution in [1.29, 1.82) is 0 Å². The van der Waals surface area contributed by atoms with Crippen LogP contribution in [0.5, 0.6) is 5.88 Å². The monoisotopic (exact) mass is 492 g/mol. The van der Waals surface area contributed by atoms with Gasteiger partial charge in [0, 0.05) is 17.4 Å². The quantitative estimate of drug-likeness (QED) is 0.398. The molecule has 4 aromatic rings. The number of aryl methyl sites for hydroxylation is 1. The van der Waals surface area contributed by atoms with Crippen molar-refractivity contribution in [2.45, 2.75) is 51.9 Å². The number of imidazole rings is 1. The molecule has 3 aromatic heterocycles. The topological polar surface area (TPSA) is 115 Å². The number of ether oxygens (including phenoxy) is 1. The van der Waals surface area contributed by atoms with Crippen molar-refractivity contribution in [2.24, 2.45) is 0 Å². The van der Waals surface area contributed by atoms with Crippen LogP contribution in [0.3, 0.4) is 0 Å². The second kappa shape index (κ2) is 8.90. The maximum Gasteiger partial charge on any atom is 0.252 e. The molecule has 0 bridgehead atoms. The van der Waals surface area contributed by atoms with E-state index in [2.05, 4.69) is 20.3 Å². The van der Waals surface area contributed by atoms with Gasteiger partial charge in [-0.3, -0.25) is 9.78 Å². The van der Waals surface area contributed by atoms with Gasteiger partial charge in [-0.25, -0.2) is 9.97 Å². The Hall–Kier alpha value is -3.56. The number of amides is 1. The molecule has 0 aliphatic heterocycles. The first-order valence-electron chi connectivity index (χ1n) is 11.3. The lowest BCUT2D eigenvalue weighted by molar-refractivity contribution is -0.123. The number of benzene rings is 1. The van der Waals surface area contributed by atoms with Gasteiger partial charge in [-0.2, -0.15) is 4.98 Å². The van der Waals surface area contributed by atoms with Gasteiger partial charge in [0.15, 0.2) is 11.2 Å². The molecule has 1 atom stereocenters. The number of hydrogen-bond acceptors (Lipinski definition) is 7. The van der Waals surface area contributed by atoms with Crippen molar-refractivity contribution in [2.75, 3.05) is 5.32 Å². The van der Waals surface area contributed by atoms with Crippen LogP contribution < -0.4 is 10.1 Å². The maximum absolute atomic E-state index is 11.9. The van der Waals surface area contributed by atoms with Crippen molar-refractivity contribution in [3.05, 3.63) is 59.1 Å². The summed E-state index contributed by atoms with van der Waals surface area (Å²) in [5.74, 6) is 0.495. The lowest BCUT2D eigenvalue weighted by Crippen LogP contribution is -2.24. The number of halogens is 1.